The average molecular weight is 158 g/mol. The van der Waals surface area contributed by atoms with Crippen molar-refractivity contribution in [3.05, 3.63) is 0 Å². The van der Waals surface area contributed by atoms with Gasteiger partial charge in [0.25, 0.3) is 0 Å². The SMILES string of the molecule is NC[C@H]1CCCN(C(=O)O)C1. The maximum atomic E-state index is 10.5. The number of piperidine rings is 1. The van der Waals surface area contributed by atoms with E-state index in [1.165, 1.54) is 4.90 Å². The molecule has 1 atom stereocenters. The van der Waals surface area contributed by atoms with E-state index in [9.17, 15) is 4.79 Å². The lowest BCUT2D eigenvalue weighted by Gasteiger charge is -2.29. The van der Waals surface area contributed by atoms with Crippen molar-refractivity contribution in [3.63, 3.8) is 0 Å². The van der Waals surface area contributed by atoms with Crippen molar-refractivity contribution < 1.29 is 9.90 Å². The molecule has 1 saturated heterocycles. The summed E-state index contributed by atoms with van der Waals surface area (Å²) in [6.45, 7) is 1.89. The minimum absolute atomic E-state index is 0.375. The highest BCUT2D eigenvalue weighted by Gasteiger charge is 2.21. The van der Waals surface area contributed by atoms with Gasteiger partial charge in [-0.1, -0.05) is 0 Å². The van der Waals surface area contributed by atoms with Crippen LogP contribution in [0.5, 0.6) is 0 Å². The second-order valence-electron chi connectivity index (χ2n) is 2.97. The van der Waals surface area contributed by atoms with Gasteiger partial charge in [0.05, 0.1) is 0 Å². The van der Waals surface area contributed by atoms with Gasteiger partial charge in [-0.2, -0.15) is 0 Å². The first-order chi connectivity index (χ1) is 5.24. The monoisotopic (exact) mass is 158 g/mol. The number of hydrogen-bond acceptors (Lipinski definition) is 2. The summed E-state index contributed by atoms with van der Waals surface area (Å²) in [5.41, 5.74) is 5.45. The van der Waals surface area contributed by atoms with Gasteiger partial charge in [0, 0.05) is 13.1 Å². The number of carboxylic acid groups (broad SMARTS) is 1. The molecule has 1 fully saturated rings. The van der Waals surface area contributed by atoms with Crippen LogP contribution < -0.4 is 5.73 Å². The molecule has 0 saturated carbocycles. The zero-order valence-electron chi connectivity index (χ0n) is 6.49. The lowest BCUT2D eigenvalue weighted by molar-refractivity contribution is 0.121. The quantitative estimate of drug-likeness (QED) is 0.578. The maximum absolute atomic E-state index is 10.5. The van der Waals surface area contributed by atoms with E-state index in [2.05, 4.69) is 0 Å². The summed E-state index contributed by atoms with van der Waals surface area (Å²) in [6, 6.07) is 0. The summed E-state index contributed by atoms with van der Waals surface area (Å²) in [4.78, 5) is 11.9. The van der Waals surface area contributed by atoms with Crippen molar-refractivity contribution in [1.29, 1.82) is 0 Å². The summed E-state index contributed by atoms with van der Waals surface area (Å²) in [7, 11) is 0. The molecule has 4 nitrogen and oxygen atoms in total. The van der Waals surface area contributed by atoms with Gasteiger partial charge in [-0.15, -0.1) is 0 Å². The Labute approximate surface area is 66.0 Å². The molecule has 0 unspecified atom stereocenters. The van der Waals surface area contributed by atoms with E-state index in [1.54, 1.807) is 0 Å². The minimum atomic E-state index is -0.817. The van der Waals surface area contributed by atoms with Gasteiger partial charge in [-0.05, 0) is 25.3 Å². The van der Waals surface area contributed by atoms with Crippen LogP contribution in [-0.2, 0) is 0 Å². The number of nitrogens with two attached hydrogens (primary N) is 1. The largest absolute Gasteiger partial charge is 0.465 e. The second kappa shape index (κ2) is 3.57. The Balaban J connectivity index is 2.39. The lowest BCUT2D eigenvalue weighted by atomic mass is 9.99. The molecular weight excluding hydrogens is 144 g/mol. The van der Waals surface area contributed by atoms with Gasteiger partial charge in [0.15, 0.2) is 0 Å². The molecule has 11 heavy (non-hydrogen) atoms. The molecule has 0 aromatic rings. The third-order valence-electron chi connectivity index (χ3n) is 2.12. The van der Waals surface area contributed by atoms with E-state index in [-0.39, 0.29) is 0 Å². The van der Waals surface area contributed by atoms with Crippen LogP contribution in [0.25, 0.3) is 0 Å². The smallest absolute Gasteiger partial charge is 0.407 e. The van der Waals surface area contributed by atoms with Crippen LogP contribution in [0.1, 0.15) is 12.8 Å². The average Bonchev–Trinajstić information content (AvgIpc) is 2.05. The van der Waals surface area contributed by atoms with E-state index < -0.39 is 6.09 Å². The fraction of sp³-hybridized carbons (Fsp3) is 0.857. The van der Waals surface area contributed by atoms with Crippen molar-refractivity contribution in [3.8, 4) is 0 Å². The Kier molecular flexibility index (Phi) is 2.70. The number of hydrogen-bond donors (Lipinski definition) is 2. The Morgan fingerprint density at radius 1 is 1.73 bits per heavy atom. The summed E-state index contributed by atoms with van der Waals surface area (Å²) in [5.74, 6) is 0.375. The Hall–Kier alpha value is -0.770. The van der Waals surface area contributed by atoms with Gasteiger partial charge in [0.2, 0.25) is 0 Å². The van der Waals surface area contributed by atoms with Crippen molar-refractivity contribution in [2.45, 2.75) is 12.8 Å². The number of carbonyl (C=O) groups is 1. The molecule has 1 rings (SSSR count). The van der Waals surface area contributed by atoms with Crippen molar-refractivity contribution in [2.24, 2.45) is 11.7 Å². The van der Waals surface area contributed by atoms with E-state index in [0.717, 1.165) is 12.8 Å². The fourth-order valence-corrected chi connectivity index (χ4v) is 1.43. The predicted molar refractivity (Wildman–Crippen MR) is 41.4 cm³/mol. The van der Waals surface area contributed by atoms with E-state index in [0.29, 0.717) is 25.6 Å². The van der Waals surface area contributed by atoms with Crippen LogP contribution in [0.2, 0.25) is 0 Å². The molecule has 1 heterocycles. The molecule has 0 aliphatic carbocycles. The van der Waals surface area contributed by atoms with Crippen molar-refractivity contribution in [2.75, 3.05) is 19.6 Å². The first kappa shape index (κ1) is 8.33. The number of rotatable bonds is 1. The van der Waals surface area contributed by atoms with Gasteiger partial charge < -0.3 is 15.7 Å². The van der Waals surface area contributed by atoms with Crippen LogP contribution in [-0.4, -0.2) is 35.7 Å². The summed E-state index contributed by atoms with van der Waals surface area (Å²) < 4.78 is 0. The van der Waals surface area contributed by atoms with Gasteiger partial charge in [0.1, 0.15) is 0 Å². The van der Waals surface area contributed by atoms with Crippen LogP contribution in [0.4, 0.5) is 4.79 Å². The molecule has 4 heteroatoms. The Bertz CT molecular complexity index is 149. The van der Waals surface area contributed by atoms with E-state index in [4.69, 9.17) is 10.8 Å². The summed E-state index contributed by atoms with van der Waals surface area (Å²) >= 11 is 0. The third kappa shape index (κ3) is 2.08. The number of nitrogens with zero attached hydrogens (tertiary/aromatic N) is 1. The van der Waals surface area contributed by atoms with E-state index in [1.807, 2.05) is 0 Å². The number of likely N-dealkylation sites (tertiary alicyclic amines) is 1. The highest BCUT2D eigenvalue weighted by molar-refractivity contribution is 5.65. The Morgan fingerprint density at radius 3 is 3.00 bits per heavy atom. The van der Waals surface area contributed by atoms with Crippen LogP contribution >= 0.6 is 0 Å². The summed E-state index contributed by atoms with van der Waals surface area (Å²) in [6.07, 6.45) is 1.21. The summed E-state index contributed by atoms with van der Waals surface area (Å²) in [5, 5.41) is 8.64. The van der Waals surface area contributed by atoms with Crippen LogP contribution in [0, 0.1) is 5.92 Å². The van der Waals surface area contributed by atoms with Gasteiger partial charge in [-0.3, -0.25) is 0 Å². The maximum Gasteiger partial charge on any atom is 0.407 e. The lowest BCUT2D eigenvalue weighted by Crippen LogP contribution is -2.41. The zero-order chi connectivity index (χ0) is 8.27. The highest BCUT2D eigenvalue weighted by atomic mass is 16.4. The van der Waals surface area contributed by atoms with Crippen molar-refractivity contribution >= 4 is 6.09 Å². The van der Waals surface area contributed by atoms with Crippen molar-refractivity contribution in [1.82, 2.24) is 4.90 Å². The van der Waals surface area contributed by atoms with Gasteiger partial charge in [-0.25, -0.2) is 4.79 Å². The normalized spacial score (nSPS) is 25.2. The highest BCUT2D eigenvalue weighted by Crippen LogP contribution is 2.14. The molecule has 3 N–H and O–H groups in total. The Morgan fingerprint density at radius 2 is 2.45 bits per heavy atom. The van der Waals surface area contributed by atoms with Crippen LogP contribution in [0.15, 0.2) is 0 Å². The second-order valence-corrected chi connectivity index (χ2v) is 2.97. The molecule has 1 amide bonds. The van der Waals surface area contributed by atoms with Crippen LogP contribution in [0.3, 0.4) is 0 Å². The molecule has 0 bridgehead atoms. The molecule has 0 radical (unpaired) electrons. The first-order valence-corrected chi connectivity index (χ1v) is 3.92. The standard InChI is InChI=1S/C7H14N2O2/c8-4-6-2-1-3-9(5-6)7(10)11/h6H,1-5,8H2,(H,10,11)/t6-/m1/s1. The molecule has 0 aromatic carbocycles. The van der Waals surface area contributed by atoms with E-state index >= 15 is 0 Å². The predicted octanol–water partition coefficient (Wildman–Crippen LogP) is 0.335. The first-order valence-electron chi connectivity index (χ1n) is 3.92. The zero-order valence-corrected chi connectivity index (χ0v) is 6.49. The molecular formula is C7H14N2O2. The third-order valence-corrected chi connectivity index (χ3v) is 2.12. The topological polar surface area (TPSA) is 66.6 Å². The minimum Gasteiger partial charge on any atom is -0.465 e. The molecule has 0 aromatic heterocycles. The molecule has 0 spiro atoms. The number of amides is 1. The molecule has 1 aliphatic heterocycles. The fourth-order valence-electron chi connectivity index (χ4n) is 1.43. The molecule has 64 valence electrons. The van der Waals surface area contributed by atoms with Gasteiger partial charge >= 0.3 is 6.09 Å². The molecule has 1 aliphatic rings.